The van der Waals surface area contributed by atoms with Gasteiger partial charge in [0.2, 0.25) is 5.91 Å². The summed E-state index contributed by atoms with van der Waals surface area (Å²) in [5.74, 6) is 0.0154. The van der Waals surface area contributed by atoms with E-state index in [1.165, 1.54) is 18.9 Å². The van der Waals surface area contributed by atoms with E-state index in [0.29, 0.717) is 24.4 Å². The number of rotatable bonds is 6. The highest BCUT2D eigenvalue weighted by Gasteiger charge is 2.28. The summed E-state index contributed by atoms with van der Waals surface area (Å²) in [5, 5.41) is 2.86. The van der Waals surface area contributed by atoms with Crippen LogP contribution < -0.4 is 11.1 Å². The van der Waals surface area contributed by atoms with Gasteiger partial charge in [-0.15, -0.1) is 12.4 Å². The zero-order valence-electron chi connectivity index (χ0n) is 11.6. The maximum Gasteiger partial charge on any atom is 0.223 e. The van der Waals surface area contributed by atoms with E-state index >= 15 is 0 Å². The maximum atomic E-state index is 13.5. The molecule has 3 N–H and O–H groups in total. The molecular formula is C15H22ClFN2O. The molecule has 0 spiro atoms. The van der Waals surface area contributed by atoms with E-state index in [2.05, 4.69) is 5.32 Å². The summed E-state index contributed by atoms with van der Waals surface area (Å²) in [5.41, 5.74) is 6.51. The highest BCUT2D eigenvalue weighted by molar-refractivity contribution is 5.85. The van der Waals surface area contributed by atoms with Crippen LogP contribution in [0.5, 0.6) is 0 Å². The van der Waals surface area contributed by atoms with Crippen molar-refractivity contribution >= 4 is 18.3 Å². The third-order valence-corrected chi connectivity index (χ3v) is 3.67. The highest BCUT2D eigenvalue weighted by atomic mass is 35.5. The van der Waals surface area contributed by atoms with Crippen molar-refractivity contribution in [3.05, 3.63) is 35.6 Å². The Kier molecular flexibility index (Phi) is 6.43. The van der Waals surface area contributed by atoms with Crippen molar-refractivity contribution in [3.8, 4) is 0 Å². The second-order valence-corrected chi connectivity index (χ2v) is 5.44. The van der Waals surface area contributed by atoms with Gasteiger partial charge in [0.1, 0.15) is 5.82 Å². The zero-order valence-corrected chi connectivity index (χ0v) is 12.5. The van der Waals surface area contributed by atoms with Crippen LogP contribution in [0.2, 0.25) is 0 Å². The monoisotopic (exact) mass is 300 g/mol. The first-order chi connectivity index (χ1) is 9.08. The smallest absolute Gasteiger partial charge is 0.223 e. The van der Waals surface area contributed by atoms with E-state index in [-0.39, 0.29) is 36.1 Å². The minimum absolute atomic E-state index is 0. The Morgan fingerprint density at radius 3 is 2.70 bits per heavy atom. The maximum absolute atomic E-state index is 13.5. The fourth-order valence-corrected chi connectivity index (χ4v) is 2.17. The van der Waals surface area contributed by atoms with Gasteiger partial charge >= 0.3 is 0 Å². The number of hydrogen-bond acceptors (Lipinski definition) is 2. The van der Waals surface area contributed by atoms with Gasteiger partial charge in [-0.05, 0) is 36.8 Å². The SMILES string of the molecule is CC(Cc1ccccc1F)C(=O)NCC(N)C1CC1.Cl. The van der Waals surface area contributed by atoms with Gasteiger partial charge < -0.3 is 11.1 Å². The Labute approximate surface area is 125 Å². The molecule has 20 heavy (non-hydrogen) atoms. The molecule has 1 aromatic rings. The number of benzene rings is 1. The molecule has 0 aromatic heterocycles. The topological polar surface area (TPSA) is 55.1 Å². The zero-order chi connectivity index (χ0) is 13.8. The van der Waals surface area contributed by atoms with Gasteiger partial charge in [-0.1, -0.05) is 25.1 Å². The third-order valence-electron chi connectivity index (χ3n) is 3.67. The average Bonchev–Trinajstić information content (AvgIpc) is 3.22. The molecule has 0 saturated heterocycles. The third kappa shape index (κ3) is 4.76. The molecule has 5 heteroatoms. The van der Waals surface area contributed by atoms with Crippen LogP contribution in [0.1, 0.15) is 25.3 Å². The minimum Gasteiger partial charge on any atom is -0.354 e. The summed E-state index contributed by atoms with van der Waals surface area (Å²) in [6, 6.07) is 6.63. The molecule has 0 aliphatic heterocycles. The van der Waals surface area contributed by atoms with Crippen LogP contribution in [0.4, 0.5) is 4.39 Å². The molecule has 112 valence electrons. The van der Waals surface area contributed by atoms with Gasteiger partial charge in [0, 0.05) is 18.5 Å². The van der Waals surface area contributed by atoms with Crippen molar-refractivity contribution in [1.82, 2.24) is 5.32 Å². The van der Waals surface area contributed by atoms with Crippen LogP contribution in [0, 0.1) is 17.7 Å². The first-order valence-electron chi connectivity index (χ1n) is 6.84. The van der Waals surface area contributed by atoms with E-state index in [1.54, 1.807) is 18.2 Å². The van der Waals surface area contributed by atoms with Crippen LogP contribution >= 0.6 is 12.4 Å². The molecule has 2 atom stereocenters. The number of carbonyl (C=O) groups is 1. The van der Waals surface area contributed by atoms with Crippen LogP contribution in [-0.4, -0.2) is 18.5 Å². The van der Waals surface area contributed by atoms with Gasteiger partial charge in [-0.25, -0.2) is 4.39 Å². The van der Waals surface area contributed by atoms with Crippen molar-refractivity contribution in [2.24, 2.45) is 17.6 Å². The van der Waals surface area contributed by atoms with Gasteiger partial charge in [-0.3, -0.25) is 4.79 Å². The lowest BCUT2D eigenvalue weighted by molar-refractivity contribution is -0.124. The highest BCUT2D eigenvalue weighted by Crippen LogP contribution is 2.31. The normalized spacial score (nSPS) is 16.9. The lowest BCUT2D eigenvalue weighted by Crippen LogP contribution is -2.41. The minimum atomic E-state index is -0.253. The van der Waals surface area contributed by atoms with E-state index < -0.39 is 0 Å². The van der Waals surface area contributed by atoms with E-state index in [4.69, 9.17) is 5.73 Å². The number of nitrogens with one attached hydrogen (secondary N) is 1. The predicted molar refractivity (Wildman–Crippen MR) is 80.2 cm³/mol. The predicted octanol–water partition coefficient (Wildman–Crippen LogP) is 2.28. The Bertz CT molecular complexity index is 451. The van der Waals surface area contributed by atoms with Crippen LogP contribution in [-0.2, 0) is 11.2 Å². The molecule has 3 nitrogen and oxygen atoms in total. The molecule has 0 radical (unpaired) electrons. The Morgan fingerprint density at radius 1 is 1.45 bits per heavy atom. The molecule has 1 saturated carbocycles. The molecule has 0 bridgehead atoms. The molecule has 2 unspecified atom stereocenters. The van der Waals surface area contributed by atoms with E-state index in [9.17, 15) is 9.18 Å². The fraction of sp³-hybridized carbons (Fsp3) is 0.533. The standard InChI is InChI=1S/C15H21FN2O.ClH/c1-10(8-12-4-2-3-5-13(12)16)15(19)18-9-14(17)11-6-7-11;/h2-5,10-11,14H,6-9,17H2,1H3,(H,18,19);1H. The summed E-state index contributed by atoms with van der Waals surface area (Å²) in [4.78, 5) is 11.9. The lowest BCUT2D eigenvalue weighted by atomic mass is 10.00. The first-order valence-corrected chi connectivity index (χ1v) is 6.84. The van der Waals surface area contributed by atoms with Gasteiger partial charge in [-0.2, -0.15) is 0 Å². The van der Waals surface area contributed by atoms with Gasteiger partial charge in [0.05, 0.1) is 0 Å². The van der Waals surface area contributed by atoms with Crippen LogP contribution in [0.15, 0.2) is 24.3 Å². The number of amides is 1. The summed E-state index contributed by atoms with van der Waals surface area (Å²) < 4.78 is 13.5. The van der Waals surface area contributed by atoms with E-state index in [0.717, 1.165) is 0 Å². The molecular weight excluding hydrogens is 279 g/mol. The van der Waals surface area contributed by atoms with Gasteiger partial charge in [0.25, 0.3) is 0 Å². The number of halogens is 2. The number of nitrogens with two attached hydrogens (primary N) is 1. The van der Waals surface area contributed by atoms with Gasteiger partial charge in [0.15, 0.2) is 0 Å². The second kappa shape index (κ2) is 7.60. The van der Waals surface area contributed by atoms with Crippen molar-refractivity contribution in [2.45, 2.75) is 32.2 Å². The van der Waals surface area contributed by atoms with Crippen LogP contribution in [0.3, 0.4) is 0 Å². The van der Waals surface area contributed by atoms with Crippen molar-refractivity contribution in [1.29, 1.82) is 0 Å². The van der Waals surface area contributed by atoms with Crippen molar-refractivity contribution in [3.63, 3.8) is 0 Å². The fourth-order valence-electron chi connectivity index (χ4n) is 2.17. The van der Waals surface area contributed by atoms with Crippen molar-refractivity contribution in [2.75, 3.05) is 6.54 Å². The molecule has 1 aliphatic rings. The average molecular weight is 301 g/mol. The quantitative estimate of drug-likeness (QED) is 0.847. The molecule has 1 fully saturated rings. The molecule has 1 aliphatic carbocycles. The van der Waals surface area contributed by atoms with E-state index in [1.807, 2.05) is 6.92 Å². The largest absolute Gasteiger partial charge is 0.354 e. The van der Waals surface area contributed by atoms with Crippen molar-refractivity contribution < 1.29 is 9.18 Å². The molecule has 2 rings (SSSR count). The number of carbonyl (C=O) groups excluding carboxylic acids is 1. The van der Waals surface area contributed by atoms with Crippen LogP contribution in [0.25, 0.3) is 0 Å². The Balaban J connectivity index is 0.00000200. The first kappa shape index (κ1) is 16.9. The summed E-state index contributed by atoms with van der Waals surface area (Å²) in [6.07, 6.45) is 2.75. The Morgan fingerprint density at radius 2 is 2.10 bits per heavy atom. The summed E-state index contributed by atoms with van der Waals surface area (Å²) in [7, 11) is 0. The lowest BCUT2D eigenvalue weighted by Gasteiger charge is -2.15. The Hall–Kier alpha value is -1.13. The molecule has 0 heterocycles. The molecule has 1 amide bonds. The summed E-state index contributed by atoms with van der Waals surface area (Å²) in [6.45, 7) is 2.33. The number of hydrogen-bond donors (Lipinski definition) is 2. The summed E-state index contributed by atoms with van der Waals surface area (Å²) >= 11 is 0. The second-order valence-electron chi connectivity index (χ2n) is 5.44. The molecule has 1 aromatic carbocycles.